The Kier molecular flexibility index (Phi) is 6.20. The molecule has 7 nitrogen and oxygen atoms in total. The van der Waals surface area contributed by atoms with E-state index < -0.39 is 36.0 Å². The van der Waals surface area contributed by atoms with Gasteiger partial charge in [0.2, 0.25) is 9.84 Å². The van der Waals surface area contributed by atoms with E-state index in [2.05, 4.69) is 0 Å². The fraction of sp³-hybridized carbons (Fsp3) is 0.316. The standard InChI is InChI=1S/C19H22O7S2/c1-19(2,13-27(21,22)16-9-5-14(25-3)6-10-16)18(20)28(23,24)17-11-7-15(26-4)8-12-17/h5-12H,13H2,1-4H3. The van der Waals surface area contributed by atoms with E-state index in [1.165, 1.54) is 76.6 Å². The molecular formula is C19H22O7S2. The molecule has 0 aliphatic carbocycles. The van der Waals surface area contributed by atoms with Crippen LogP contribution in [0.2, 0.25) is 0 Å². The van der Waals surface area contributed by atoms with Gasteiger partial charge >= 0.3 is 0 Å². The number of carbonyl (C=O) groups excluding carboxylic acids is 1. The Bertz CT molecular complexity index is 1050. The maximum Gasteiger partial charge on any atom is 0.257 e. The zero-order valence-corrected chi connectivity index (χ0v) is 17.6. The second-order valence-corrected chi connectivity index (χ2v) is 10.6. The minimum absolute atomic E-state index is 0.0176. The van der Waals surface area contributed by atoms with Gasteiger partial charge in [0, 0.05) is 0 Å². The molecule has 9 heteroatoms. The Morgan fingerprint density at radius 3 is 1.57 bits per heavy atom. The monoisotopic (exact) mass is 426 g/mol. The molecule has 0 aromatic heterocycles. The number of rotatable bonds is 7. The summed E-state index contributed by atoms with van der Waals surface area (Å²) in [4.78, 5) is 12.5. The highest BCUT2D eigenvalue weighted by Crippen LogP contribution is 2.30. The number of hydrogen-bond acceptors (Lipinski definition) is 7. The van der Waals surface area contributed by atoms with E-state index in [0.717, 1.165) is 0 Å². The third-order valence-corrected chi connectivity index (χ3v) is 8.16. The molecule has 0 amide bonds. The number of sulfone groups is 2. The van der Waals surface area contributed by atoms with E-state index >= 15 is 0 Å². The van der Waals surface area contributed by atoms with Crippen LogP contribution in [0.25, 0.3) is 0 Å². The molecular weight excluding hydrogens is 404 g/mol. The normalized spacial score (nSPS) is 12.4. The van der Waals surface area contributed by atoms with Crippen molar-refractivity contribution in [2.24, 2.45) is 5.41 Å². The molecule has 0 saturated heterocycles. The first-order valence-corrected chi connectivity index (χ1v) is 11.4. The van der Waals surface area contributed by atoms with E-state index in [0.29, 0.717) is 11.5 Å². The quantitative estimate of drug-likeness (QED) is 0.670. The molecule has 2 aromatic carbocycles. The van der Waals surface area contributed by atoms with Crippen molar-refractivity contribution in [3.05, 3.63) is 48.5 Å². The van der Waals surface area contributed by atoms with Crippen LogP contribution >= 0.6 is 0 Å². The number of ether oxygens (including phenoxy) is 2. The van der Waals surface area contributed by atoms with E-state index in [9.17, 15) is 21.6 Å². The molecule has 0 N–H and O–H groups in total. The third kappa shape index (κ3) is 4.53. The van der Waals surface area contributed by atoms with E-state index in [4.69, 9.17) is 9.47 Å². The summed E-state index contributed by atoms with van der Waals surface area (Å²) in [5, 5.41) is -1.16. The van der Waals surface area contributed by atoms with Crippen LogP contribution in [0.3, 0.4) is 0 Å². The van der Waals surface area contributed by atoms with Crippen molar-refractivity contribution in [2.75, 3.05) is 20.0 Å². The molecule has 0 bridgehead atoms. The second-order valence-electron chi connectivity index (χ2n) is 6.78. The molecule has 2 rings (SSSR count). The van der Waals surface area contributed by atoms with Gasteiger partial charge in [0.15, 0.2) is 9.84 Å². The lowest BCUT2D eigenvalue weighted by Gasteiger charge is -2.22. The molecule has 0 saturated carbocycles. The third-order valence-electron chi connectivity index (χ3n) is 4.14. The Morgan fingerprint density at radius 1 is 0.786 bits per heavy atom. The number of benzene rings is 2. The summed E-state index contributed by atoms with van der Waals surface area (Å²) in [5.41, 5.74) is -1.66. The summed E-state index contributed by atoms with van der Waals surface area (Å²) >= 11 is 0. The van der Waals surface area contributed by atoms with Crippen LogP contribution in [-0.4, -0.2) is 41.9 Å². The summed E-state index contributed by atoms with van der Waals surface area (Å²) in [7, 11) is -5.38. The first-order chi connectivity index (χ1) is 12.9. The van der Waals surface area contributed by atoms with Gasteiger partial charge < -0.3 is 9.47 Å². The lowest BCUT2D eigenvalue weighted by molar-refractivity contribution is -0.118. The van der Waals surface area contributed by atoms with Crippen LogP contribution < -0.4 is 9.47 Å². The first-order valence-electron chi connectivity index (χ1n) is 8.24. The van der Waals surface area contributed by atoms with Gasteiger partial charge in [-0.2, -0.15) is 0 Å². The highest BCUT2D eigenvalue weighted by Gasteiger charge is 2.42. The van der Waals surface area contributed by atoms with Gasteiger partial charge in [-0.25, -0.2) is 16.8 Å². The predicted molar refractivity (Wildman–Crippen MR) is 104 cm³/mol. The van der Waals surface area contributed by atoms with Crippen molar-refractivity contribution in [1.29, 1.82) is 0 Å². The molecule has 152 valence electrons. The maximum atomic E-state index is 12.7. The molecule has 2 aromatic rings. The number of hydrogen-bond donors (Lipinski definition) is 0. The van der Waals surface area contributed by atoms with Crippen LogP contribution in [0.5, 0.6) is 11.5 Å². The number of carbonyl (C=O) groups is 1. The largest absolute Gasteiger partial charge is 0.497 e. The Morgan fingerprint density at radius 2 is 1.18 bits per heavy atom. The van der Waals surface area contributed by atoms with Crippen LogP contribution in [0.4, 0.5) is 0 Å². The molecule has 0 aliphatic rings. The molecule has 0 heterocycles. The van der Waals surface area contributed by atoms with Crippen molar-refractivity contribution < 1.29 is 31.1 Å². The van der Waals surface area contributed by atoms with Crippen LogP contribution in [-0.2, 0) is 24.5 Å². The fourth-order valence-electron chi connectivity index (χ4n) is 2.63. The first kappa shape index (κ1) is 21.9. The van der Waals surface area contributed by atoms with Crippen molar-refractivity contribution in [3.63, 3.8) is 0 Å². The van der Waals surface area contributed by atoms with Crippen molar-refractivity contribution >= 4 is 24.8 Å². The zero-order chi connectivity index (χ0) is 21.2. The second kappa shape index (κ2) is 7.92. The molecule has 0 fully saturated rings. The summed E-state index contributed by atoms with van der Waals surface area (Å²) in [6.45, 7) is 2.61. The smallest absolute Gasteiger partial charge is 0.257 e. The highest BCUT2D eigenvalue weighted by molar-refractivity contribution is 8.06. The Balaban J connectivity index is 2.31. The highest BCUT2D eigenvalue weighted by atomic mass is 32.2. The van der Waals surface area contributed by atoms with Crippen LogP contribution in [0.15, 0.2) is 58.3 Å². The van der Waals surface area contributed by atoms with Crippen LogP contribution in [0, 0.1) is 5.41 Å². The van der Waals surface area contributed by atoms with E-state index in [-0.39, 0.29) is 9.79 Å². The molecule has 0 unspecified atom stereocenters. The molecule has 0 spiro atoms. The summed E-state index contributed by atoms with van der Waals surface area (Å²) < 4.78 is 60.7. The lowest BCUT2D eigenvalue weighted by Crippen LogP contribution is -2.37. The summed E-state index contributed by atoms with van der Waals surface area (Å²) in [6, 6.07) is 11.0. The Hall–Kier alpha value is -2.39. The fourth-order valence-corrected chi connectivity index (χ4v) is 6.02. The van der Waals surface area contributed by atoms with E-state index in [1.807, 2.05) is 0 Å². The maximum absolute atomic E-state index is 12.7. The predicted octanol–water partition coefficient (Wildman–Crippen LogP) is 2.50. The molecule has 0 aliphatic heterocycles. The minimum Gasteiger partial charge on any atom is -0.497 e. The summed E-state index contributed by atoms with van der Waals surface area (Å²) in [5.74, 6) is 0.268. The summed E-state index contributed by atoms with van der Waals surface area (Å²) in [6.07, 6.45) is 0. The minimum atomic E-state index is -4.37. The van der Waals surface area contributed by atoms with Gasteiger partial charge in [-0.3, -0.25) is 4.79 Å². The zero-order valence-electron chi connectivity index (χ0n) is 16.0. The average molecular weight is 427 g/mol. The Labute approximate surface area is 165 Å². The van der Waals surface area contributed by atoms with Gasteiger partial charge in [-0.1, -0.05) is 13.8 Å². The van der Waals surface area contributed by atoms with Crippen molar-refractivity contribution in [1.82, 2.24) is 0 Å². The van der Waals surface area contributed by atoms with Gasteiger partial charge in [-0.15, -0.1) is 0 Å². The lowest BCUT2D eigenvalue weighted by atomic mass is 9.99. The van der Waals surface area contributed by atoms with Gasteiger partial charge in [0.05, 0.1) is 35.2 Å². The number of methoxy groups -OCH3 is 2. The molecule has 0 radical (unpaired) electrons. The van der Waals surface area contributed by atoms with Gasteiger partial charge in [0.1, 0.15) is 11.5 Å². The topological polar surface area (TPSA) is 104 Å². The van der Waals surface area contributed by atoms with E-state index in [1.54, 1.807) is 0 Å². The van der Waals surface area contributed by atoms with Crippen LogP contribution in [0.1, 0.15) is 13.8 Å². The van der Waals surface area contributed by atoms with Crippen molar-refractivity contribution in [2.45, 2.75) is 23.6 Å². The van der Waals surface area contributed by atoms with Gasteiger partial charge in [-0.05, 0) is 48.5 Å². The van der Waals surface area contributed by atoms with Crippen molar-refractivity contribution in [3.8, 4) is 11.5 Å². The SMILES string of the molecule is COc1ccc(S(=O)(=O)CC(C)(C)C(=O)S(=O)(=O)c2ccc(OC)cc2)cc1. The molecule has 28 heavy (non-hydrogen) atoms. The average Bonchev–Trinajstić information content (AvgIpc) is 2.66. The van der Waals surface area contributed by atoms with Gasteiger partial charge in [0.25, 0.3) is 5.12 Å². The molecule has 0 atom stereocenters.